The molecule has 0 bridgehead atoms. The van der Waals surface area contributed by atoms with Crippen molar-refractivity contribution in [1.82, 2.24) is 5.32 Å². The summed E-state index contributed by atoms with van der Waals surface area (Å²) < 4.78 is 0. The van der Waals surface area contributed by atoms with Gasteiger partial charge in [-0.2, -0.15) is 0 Å². The fourth-order valence-electron chi connectivity index (χ4n) is 0.929. The van der Waals surface area contributed by atoms with Crippen LogP contribution in [0.25, 0.3) is 0 Å². The largest absolute Gasteiger partial charge is 0.329 e. The highest BCUT2D eigenvalue weighted by Gasteiger charge is 2.13. The fourth-order valence-corrected chi connectivity index (χ4v) is 1.14. The van der Waals surface area contributed by atoms with Crippen LogP contribution in [0.4, 0.5) is 11.4 Å². The lowest BCUT2D eigenvalue weighted by Gasteiger charge is -1.91. The minimum absolute atomic E-state index is 0.557. The first-order valence-electron chi connectivity index (χ1n) is 2.98. The summed E-state index contributed by atoms with van der Waals surface area (Å²) in [6.45, 7) is 0. The summed E-state index contributed by atoms with van der Waals surface area (Å²) in [4.78, 5) is 0. The molecule has 0 saturated heterocycles. The molecule has 49 valence electrons. The van der Waals surface area contributed by atoms with Gasteiger partial charge in [-0.05, 0) is 24.4 Å². The van der Waals surface area contributed by atoms with Crippen LogP contribution in [0, 0.1) is 0 Å². The van der Waals surface area contributed by atoms with Crippen LogP contribution in [0.2, 0.25) is 0 Å². The number of hydrogen-bond donors (Lipinski definition) is 1. The minimum Gasteiger partial charge on any atom is -0.329 e. The monoisotopic (exact) mass is 149 g/mol. The maximum Gasteiger partial charge on any atom is 0.197 e. The van der Waals surface area contributed by atoms with E-state index in [4.69, 9.17) is 12.2 Å². The highest BCUT2D eigenvalue weighted by Crippen LogP contribution is 2.25. The molecule has 1 N–H and O–H groups in total. The van der Waals surface area contributed by atoms with Gasteiger partial charge in [-0.1, -0.05) is 12.1 Å². The molecule has 0 saturated carbocycles. The van der Waals surface area contributed by atoms with Gasteiger partial charge in [-0.3, -0.25) is 0 Å². The lowest BCUT2D eigenvalue weighted by atomic mass is 10.3. The molecule has 0 aliphatic carbocycles. The Labute approximate surface area is 64.2 Å². The van der Waals surface area contributed by atoms with Gasteiger partial charge in [0.2, 0.25) is 0 Å². The summed E-state index contributed by atoms with van der Waals surface area (Å²) in [5.41, 5.74) is 1.94. The van der Waals surface area contributed by atoms with Gasteiger partial charge in [0, 0.05) is 0 Å². The van der Waals surface area contributed by atoms with E-state index < -0.39 is 0 Å². The Bertz CT molecular complexity index is 256. The second-order valence-corrected chi connectivity index (χ2v) is 2.45. The molecule has 0 spiro atoms. The van der Waals surface area contributed by atoms with Crippen molar-refractivity contribution in [1.29, 1.82) is 0 Å². The predicted molar refractivity (Wildman–Crippen MR) is 44.5 cm³/mol. The molecule has 1 aromatic carbocycles. The average molecular weight is 149 g/mol. The van der Waals surface area contributed by atoms with E-state index in [0.29, 0.717) is 5.11 Å². The van der Waals surface area contributed by atoms with Crippen molar-refractivity contribution < 1.29 is 0 Å². The van der Waals surface area contributed by atoms with Gasteiger partial charge >= 0.3 is 0 Å². The van der Waals surface area contributed by atoms with E-state index in [1.807, 2.05) is 24.3 Å². The van der Waals surface area contributed by atoms with E-state index in [9.17, 15) is 0 Å². The standard InChI is InChI=1S/C7H5N2S/c10-7-8-5-3-1-2-4-6(5)9-7/h1-4H,(H,8,10). The summed E-state index contributed by atoms with van der Waals surface area (Å²) in [5, 5.41) is 7.59. The molecule has 0 unspecified atom stereocenters. The molecular weight excluding hydrogens is 144 g/mol. The van der Waals surface area contributed by atoms with Gasteiger partial charge < -0.3 is 5.32 Å². The van der Waals surface area contributed by atoms with Crippen molar-refractivity contribution in [2.75, 3.05) is 5.32 Å². The lowest BCUT2D eigenvalue weighted by Crippen LogP contribution is -2.07. The number of rotatable bonds is 0. The van der Waals surface area contributed by atoms with Crippen LogP contribution in [0.3, 0.4) is 0 Å². The van der Waals surface area contributed by atoms with Gasteiger partial charge in [0.25, 0.3) is 0 Å². The van der Waals surface area contributed by atoms with Crippen LogP contribution in [-0.2, 0) is 0 Å². The van der Waals surface area contributed by atoms with Crippen molar-refractivity contribution in [2.45, 2.75) is 0 Å². The number of fused-ring (bicyclic) bond motifs is 1. The molecule has 2 rings (SSSR count). The zero-order chi connectivity index (χ0) is 6.97. The first kappa shape index (κ1) is 5.68. The van der Waals surface area contributed by atoms with Crippen LogP contribution in [0.5, 0.6) is 0 Å². The molecule has 1 heterocycles. The van der Waals surface area contributed by atoms with E-state index in [0.717, 1.165) is 11.4 Å². The lowest BCUT2D eigenvalue weighted by molar-refractivity contribution is 1.34. The van der Waals surface area contributed by atoms with Gasteiger partial charge in [0.05, 0.1) is 11.4 Å². The zero-order valence-corrected chi connectivity index (χ0v) is 5.98. The maximum absolute atomic E-state index is 4.85. The van der Waals surface area contributed by atoms with Crippen molar-refractivity contribution in [2.24, 2.45) is 0 Å². The van der Waals surface area contributed by atoms with E-state index in [2.05, 4.69) is 10.6 Å². The molecular formula is C7H5N2S. The second-order valence-electron chi connectivity index (χ2n) is 2.06. The van der Waals surface area contributed by atoms with Gasteiger partial charge in [0.15, 0.2) is 5.11 Å². The summed E-state index contributed by atoms with van der Waals surface area (Å²) in [7, 11) is 0. The Morgan fingerprint density at radius 3 is 2.90 bits per heavy atom. The molecule has 1 radical (unpaired) electrons. The van der Waals surface area contributed by atoms with Crippen molar-refractivity contribution in [3.05, 3.63) is 24.3 Å². The highest BCUT2D eigenvalue weighted by atomic mass is 32.1. The van der Waals surface area contributed by atoms with E-state index in [-0.39, 0.29) is 0 Å². The minimum atomic E-state index is 0.557. The molecule has 10 heavy (non-hydrogen) atoms. The van der Waals surface area contributed by atoms with Crippen LogP contribution in [-0.4, -0.2) is 5.11 Å². The number of hydrogen-bond acceptors (Lipinski definition) is 1. The predicted octanol–water partition coefficient (Wildman–Crippen LogP) is 1.63. The summed E-state index contributed by atoms with van der Waals surface area (Å²) in [5.74, 6) is 0. The molecule has 0 atom stereocenters. The van der Waals surface area contributed by atoms with Gasteiger partial charge in [-0.15, -0.1) is 0 Å². The number of thiocarbonyl (C=S) groups is 1. The van der Waals surface area contributed by atoms with Gasteiger partial charge in [-0.25, -0.2) is 5.32 Å². The molecule has 1 aliphatic heterocycles. The van der Waals surface area contributed by atoms with E-state index in [1.54, 1.807) is 0 Å². The maximum atomic E-state index is 4.85. The normalized spacial score (nSPS) is 13.8. The molecule has 3 heteroatoms. The van der Waals surface area contributed by atoms with Crippen LogP contribution in [0.15, 0.2) is 24.3 Å². The zero-order valence-electron chi connectivity index (χ0n) is 5.16. The van der Waals surface area contributed by atoms with Crippen molar-refractivity contribution in [3.8, 4) is 0 Å². The Kier molecular flexibility index (Phi) is 1.11. The summed E-state index contributed by atoms with van der Waals surface area (Å²) in [6, 6.07) is 7.78. The Hall–Kier alpha value is -1.09. The summed E-state index contributed by atoms with van der Waals surface area (Å²) in [6.07, 6.45) is 0. The number of nitrogens with one attached hydrogen (secondary N) is 1. The van der Waals surface area contributed by atoms with E-state index >= 15 is 0 Å². The number of benzene rings is 1. The molecule has 0 aromatic heterocycles. The molecule has 0 amide bonds. The van der Waals surface area contributed by atoms with Crippen molar-refractivity contribution >= 4 is 28.7 Å². The highest BCUT2D eigenvalue weighted by molar-refractivity contribution is 7.80. The topological polar surface area (TPSA) is 26.1 Å². The van der Waals surface area contributed by atoms with Gasteiger partial charge in [0.1, 0.15) is 0 Å². The SMILES string of the molecule is S=C1[N]c2ccccc2N1. The van der Waals surface area contributed by atoms with Crippen LogP contribution in [0.1, 0.15) is 0 Å². The molecule has 1 aromatic rings. The smallest absolute Gasteiger partial charge is 0.197 e. The number of para-hydroxylation sites is 2. The van der Waals surface area contributed by atoms with Crippen LogP contribution >= 0.6 is 12.2 Å². The Morgan fingerprint density at radius 1 is 1.30 bits per heavy atom. The third-order valence-electron chi connectivity index (χ3n) is 1.37. The summed E-state index contributed by atoms with van der Waals surface area (Å²) >= 11 is 4.85. The fraction of sp³-hybridized carbons (Fsp3) is 0. The Balaban J connectivity index is 2.51. The van der Waals surface area contributed by atoms with Crippen LogP contribution < -0.4 is 10.6 Å². The Morgan fingerprint density at radius 2 is 2.10 bits per heavy atom. The second kappa shape index (κ2) is 1.95. The molecule has 1 aliphatic rings. The average Bonchev–Trinajstić information content (AvgIpc) is 2.27. The number of anilines is 1. The third-order valence-corrected chi connectivity index (χ3v) is 1.56. The molecule has 2 nitrogen and oxygen atoms in total. The number of nitrogens with zero attached hydrogens (tertiary/aromatic N) is 1. The molecule has 0 fully saturated rings. The first-order chi connectivity index (χ1) is 4.86. The first-order valence-corrected chi connectivity index (χ1v) is 3.39. The third kappa shape index (κ3) is 0.752. The van der Waals surface area contributed by atoms with Crippen molar-refractivity contribution in [3.63, 3.8) is 0 Å². The van der Waals surface area contributed by atoms with E-state index in [1.165, 1.54) is 0 Å². The quantitative estimate of drug-likeness (QED) is 0.567.